The van der Waals surface area contributed by atoms with Crippen LogP contribution in [0.3, 0.4) is 0 Å². The average molecular weight is 379 g/mol. The number of phenolic OH excluding ortho intramolecular Hbond substituents is 2. The molecule has 0 bridgehead atoms. The molecule has 0 aliphatic heterocycles. The molecule has 0 fully saturated rings. The van der Waals surface area contributed by atoms with Crippen molar-refractivity contribution >= 4 is 29.3 Å². The molecule has 7 nitrogen and oxygen atoms in total. The van der Waals surface area contributed by atoms with Gasteiger partial charge in [-0.15, -0.1) is 0 Å². The largest absolute Gasteiger partial charge is 0.506 e. The maximum atomic E-state index is 12.7. The lowest BCUT2D eigenvalue weighted by Crippen LogP contribution is -2.10. The lowest BCUT2D eigenvalue weighted by Gasteiger charge is -2.13. The maximum Gasteiger partial charge on any atom is 0.336 e. The molecule has 0 spiro atoms. The van der Waals surface area contributed by atoms with E-state index in [1.807, 2.05) is 0 Å². The molecule has 26 heavy (non-hydrogen) atoms. The zero-order chi connectivity index (χ0) is 19.4. The predicted molar refractivity (Wildman–Crippen MR) is 92.0 cm³/mol. The van der Waals surface area contributed by atoms with Gasteiger partial charge < -0.3 is 20.1 Å². The zero-order valence-corrected chi connectivity index (χ0v) is 14.4. The molecule has 2 aromatic carbocycles. The van der Waals surface area contributed by atoms with E-state index in [9.17, 15) is 29.7 Å². The number of halogens is 1. The van der Waals surface area contributed by atoms with Crippen molar-refractivity contribution in [3.05, 3.63) is 57.6 Å². The lowest BCUT2D eigenvalue weighted by atomic mass is 9.95. The minimum absolute atomic E-state index is 0.0133. The van der Waals surface area contributed by atoms with Crippen molar-refractivity contribution in [2.24, 2.45) is 0 Å². The van der Waals surface area contributed by atoms with Crippen LogP contribution in [-0.4, -0.2) is 40.2 Å². The van der Waals surface area contributed by atoms with Gasteiger partial charge >= 0.3 is 11.9 Å². The summed E-state index contributed by atoms with van der Waals surface area (Å²) in [5, 5.41) is 28.9. The normalized spacial score (nSPS) is 10.4. The molecule has 0 heterocycles. The molecular weight excluding hydrogens is 364 g/mol. The first-order valence-electron chi connectivity index (χ1n) is 7.45. The summed E-state index contributed by atoms with van der Waals surface area (Å²) >= 11 is 5.89. The number of phenols is 2. The predicted octanol–water partition coefficient (Wildman–Crippen LogP) is 2.79. The molecular formula is C18H15ClO7. The first-order chi connectivity index (χ1) is 12.3. The van der Waals surface area contributed by atoms with Gasteiger partial charge in [-0.2, -0.15) is 0 Å². The number of hydrogen-bond acceptors (Lipinski definition) is 6. The van der Waals surface area contributed by atoms with Gasteiger partial charge in [0.2, 0.25) is 0 Å². The van der Waals surface area contributed by atoms with Crippen molar-refractivity contribution in [1.82, 2.24) is 0 Å². The number of benzene rings is 2. The van der Waals surface area contributed by atoms with E-state index >= 15 is 0 Å². The summed E-state index contributed by atoms with van der Waals surface area (Å²) in [7, 11) is 1.21. The van der Waals surface area contributed by atoms with Crippen molar-refractivity contribution < 1.29 is 34.4 Å². The van der Waals surface area contributed by atoms with Crippen molar-refractivity contribution in [2.45, 2.75) is 12.8 Å². The number of carbonyl (C=O) groups is 3. The fourth-order valence-corrected chi connectivity index (χ4v) is 2.62. The summed E-state index contributed by atoms with van der Waals surface area (Å²) < 4.78 is 4.52. The van der Waals surface area contributed by atoms with E-state index in [1.54, 1.807) is 0 Å². The number of carboxylic acids is 1. The van der Waals surface area contributed by atoms with Gasteiger partial charge in [0.15, 0.2) is 5.78 Å². The Morgan fingerprint density at radius 3 is 2.23 bits per heavy atom. The van der Waals surface area contributed by atoms with E-state index in [0.717, 1.165) is 0 Å². The number of aromatic carboxylic acids is 1. The molecule has 2 rings (SSSR count). The molecule has 136 valence electrons. The minimum atomic E-state index is -1.30. The summed E-state index contributed by atoms with van der Waals surface area (Å²) in [6.07, 6.45) is -0.0656. The highest BCUT2D eigenvalue weighted by Gasteiger charge is 2.24. The number of aromatic hydroxyl groups is 2. The van der Waals surface area contributed by atoms with Gasteiger partial charge in [0.05, 0.1) is 18.2 Å². The van der Waals surface area contributed by atoms with Crippen molar-refractivity contribution in [3.63, 3.8) is 0 Å². The van der Waals surface area contributed by atoms with E-state index in [2.05, 4.69) is 4.74 Å². The van der Waals surface area contributed by atoms with E-state index in [1.165, 1.54) is 37.4 Å². The Labute approximate surface area is 153 Å². The van der Waals surface area contributed by atoms with E-state index in [4.69, 9.17) is 11.6 Å². The number of methoxy groups -OCH3 is 1. The van der Waals surface area contributed by atoms with Crippen molar-refractivity contribution in [2.75, 3.05) is 7.11 Å². The van der Waals surface area contributed by atoms with Gasteiger partial charge in [-0.05, 0) is 24.1 Å². The fourth-order valence-electron chi connectivity index (χ4n) is 2.40. The summed E-state index contributed by atoms with van der Waals surface area (Å²) in [6.45, 7) is 0. The highest BCUT2D eigenvalue weighted by atomic mass is 35.5. The number of aryl methyl sites for hydroxylation is 1. The van der Waals surface area contributed by atoms with E-state index < -0.39 is 34.2 Å². The number of ketones is 1. The van der Waals surface area contributed by atoms with Crippen LogP contribution in [0.2, 0.25) is 5.02 Å². The van der Waals surface area contributed by atoms with Crippen LogP contribution in [0.1, 0.15) is 38.3 Å². The van der Waals surface area contributed by atoms with Gasteiger partial charge in [-0.1, -0.05) is 29.8 Å². The Morgan fingerprint density at radius 1 is 1.04 bits per heavy atom. The van der Waals surface area contributed by atoms with Gasteiger partial charge in [0, 0.05) is 12.0 Å². The maximum absolute atomic E-state index is 12.7. The molecule has 0 saturated heterocycles. The molecule has 0 amide bonds. The van der Waals surface area contributed by atoms with Crippen molar-refractivity contribution in [3.8, 4) is 11.5 Å². The number of hydrogen-bond donors (Lipinski definition) is 3. The van der Waals surface area contributed by atoms with Crippen LogP contribution < -0.4 is 0 Å². The zero-order valence-electron chi connectivity index (χ0n) is 13.7. The fraction of sp³-hybridized carbons (Fsp3) is 0.167. The van der Waals surface area contributed by atoms with Crippen molar-refractivity contribution in [1.29, 1.82) is 0 Å². The summed E-state index contributed by atoms with van der Waals surface area (Å²) in [4.78, 5) is 35.3. The van der Waals surface area contributed by atoms with Gasteiger partial charge in [0.1, 0.15) is 16.5 Å². The second kappa shape index (κ2) is 7.88. The summed E-state index contributed by atoms with van der Waals surface area (Å²) in [5.74, 6) is -3.74. The standard InChI is InChI=1S/C18H15ClO7/c1-26-13(20)7-6-9-8-12(17(23)14(19)15(9)21)16(22)10-4-2-3-5-11(10)18(24)25/h2-5,8,21,23H,6-7H2,1H3,(H,24,25). The smallest absolute Gasteiger partial charge is 0.336 e. The molecule has 3 N–H and O–H groups in total. The van der Waals surface area contributed by atoms with Crippen LogP contribution in [0.15, 0.2) is 30.3 Å². The molecule has 0 atom stereocenters. The van der Waals surface area contributed by atoms with Crippen LogP contribution >= 0.6 is 11.6 Å². The average Bonchev–Trinajstić information content (AvgIpc) is 2.64. The molecule has 2 aromatic rings. The quantitative estimate of drug-likeness (QED) is 0.522. The summed E-state index contributed by atoms with van der Waals surface area (Å²) in [6, 6.07) is 6.69. The molecule has 0 radical (unpaired) electrons. The third-order valence-corrected chi connectivity index (χ3v) is 4.12. The van der Waals surface area contributed by atoms with Crippen LogP contribution in [-0.2, 0) is 16.0 Å². The third kappa shape index (κ3) is 3.78. The van der Waals surface area contributed by atoms with E-state index in [0.29, 0.717) is 0 Å². The first-order valence-corrected chi connectivity index (χ1v) is 7.82. The second-order valence-electron chi connectivity index (χ2n) is 5.35. The Bertz CT molecular complexity index is 889. The number of esters is 1. The monoisotopic (exact) mass is 378 g/mol. The number of rotatable bonds is 6. The molecule has 8 heteroatoms. The lowest BCUT2D eigenvalue weighted by molar-refractivity contribution is -0.140. The van der Waals surface area contributed by atoms with Crippen LogP contribution in [0.5, 0.6) is 11.5 Å². The topological polar surface area (TPSA) is 121 Å². The van der Waals surface area contributed by atoms with Gasteiger partial charge in [-0.25, -0.2) is 4.79 Å². The minimum Gasteiger partial charge on any atom is -0.506 e. The van der Waals surface area contributed by atoms with Gasteiger partial charge in [-0.3, -0.25) is 9.59 Å². The van der Waals surface area contributed by atoms with E-state index in [-0.39, 0.29) is 35.1 Å². The first kappa shape index (κ1) is 19.3. The van der Waals surface area contributed by atoms with Gasteiger partial charge in [0.25, 0.3) is 0 Å². The Morgan fingerprint density at radius 2 is 1.65 bits per heavy atom. The third-order valence-electron chi connectivity index (χ3n) is 3.77. The molecule has 0 unspecified atom stereocenters. The molecule has 0 aromatic heterocycles. The summed E-state index contributed by atoms with van der Waals surface area (Å²) in [5.41, 5.74) is -0.510. The molecule has 0 aliphatic carbocycles. The van der Waals surface area contributed by atoms with Crippen LogP contribution in [0.25, 0.3) is 0 Å². The SMILES string of the molecule is COC(=O)CCc1cc(C(=O)c2ccccc2C(=O)O)c(O)c(Cl)c1O. The molecule has 0 saturated carbocycles. The number of carboxylic acid groups (broad SMARTS) is 1. The number of carbonyl (C=O) groups excluding carboxylic acids is 2. The second-order valence-corrected chi connectivity index (χ2v) is 5.73. The van der Waals surface area contributed by atoms with Crippen LogP contribution in [0, 0.1) is 0 Å². The highest BCUT2D eigenvalue weighted by Crippen LogP contribution is 2.40. The highest BCUT2D eigenvalue weighted by molar-refractivity contribution is 6.34. The number of ether oxygens (including phenoxy) is 1. The molecule has 0 aliphatic rings. The van der Waals surface area contributed by atoms with Crippen LogP contribution in [0.4, 0.5) is 0 Å². The Hall–Kier alpha value is -3.06. The Balaban J connectivity index is 2.52. The Kier molecular flexibility index (Phi) is 5.84.